The third kappa shape index (κ3) is 3.77. The van der Waals surface area contributed by atoms with Gasteiger partial charge in [-0.15, -0.1) is 11.3 Å². The van der Waals surface area contributed by atoms with E-state index in [1.165, 1.54) is 29.8 Å². The van der Waals surface area contributed by atoms with Gasteiger partial charge in [0, 0.05) is 6.20 Å². The quantitative estimate of drug-likeness (QED) is 0.869. The lowest BCUT2D eigenvalue weighted by atomic mass is 10.3. The molecule has 0 aliphatic rings. The predicted octanol–water partition coefficient (Wildman–Crippen LogP) is 1.73. The highest BCUT2D eigenvalue weighted by molar-refractivity contribution is 7.14. The number of carboxylic acids is 1. The van der Waals surface area contributed by atoms with Crippen LogP contribution in [0.4, 0.5) is 5.00 Å². The van der Waals surface area contributed by atoms with Crippen LogP contribution in [0.25, 0.3) is 0 Å². The van der Waals surface area contributed by atoms with Gasteiger partial charge in [-0.2, -0.15) is 5.26 Å². The van der Waals surface area contributed by atoms with Crippen molar-refractivity contribution >= 4 is 28.2 Å². The average molecular weight is 303 g/mol. The smallest absolute Gasteiger partial charge is 0.337 e. The molecule has 0 aliphatic carbocycles. The summed E-state index contributed by atoms with van der Waals surface area (Å²) in [5, 5.41) is 22.3. The molecule has 21 heavy (non-hydrogen) atoms. The van der Waals surface area contributed by atoms with Crippen LogP contribution in [0.15, 0.2) is 29.9 Å². The Morgan fingerprint density at radius 2 is 2.29 bits per heavy atom. The van der Waals surface area contributed by atoms with Crippen molar-refractivity contribution in [3.05, 3.63) is 41.0 Å². The zero-order valence-electron chi connectivity index (χ0n) is 10.6. The molecule has 0 aromatic carbocycles. The van der Waals surface area contributed by atoms with Gasteiger partial charge in [0.05, 0.1) is 17.3 Å². The molecule has 0 saturated carbocycles. The van der Waals surface area contributed by atoms with Crippen LogP contribution in [-0.2, 0) is 4.79 Å². The minimum Gasteiger partial charge on any atom is -0.482 e. The second kappa shape index (κ2) is 6.49. The number of hydrogen-bond acceptors (Lipinski definition) is 6. The molecule has 0 unspecified atom stereocenters. The maximum Gasteiger partial charge on any atom is 0.337 e. The highest BCUT2D eigenvalue weighted by atomic mass is 32.1. The van der Waals surface area contributed by atoms with Crippen molar-refractivity contribution in [2.75, 3.05) is 11.9 Å². The minimum atomic E-state index is -1.13. The number of carbonyl (C=O) groups is 2. The number of amides is 1. The molecule has 2 N–H and O–H groups in total. The van der Waals surface area contributed by atoms with Gasteiger partial charge in [-0.25, -0.2) is 4.79 Å². The number of aromatic carboxylic acids is 1. The number of aromatic nitrogens is 1. The maximum absolute atomic E-state index is 11.7. The molecule has 2 aromatic rings. The van der Waals surface area contributed by atoms with E-state index in [4.69, 9.17) is 15.1 Å². The third-order valence-corrected chi connectivity index (χ3v) is 3.20. The number of hydrogen-bond donors (Lipinski definition) is 2. The molecule has 7 nitrogen and oxygen atoms in total. The van der Waals surface area contributed by atoms with Crippen LogP contribution in [-0.4, -0.2) is 28.6 Å². The van der Waals surface area contributed by atoms with Crippen LogP contribution < -0.4 is 10.1 Å². The lowest BCUT2D eigenvalue weighted by molar-refractivity contribution is -0.118. The second-order valence-electron chi connectivity index (χ2n) is 3.83. The zero-order valence-corrected chi connectivity index (χ0v) is 11.4. The predicted molar refractivity (Wildman–Crippen MR) is 74.4 cm³/mol. The molecule has 0 spiro atoms. The fourth-order valence-corrected chi connectivity index (χ4v) is 2.17. The van der Waals surface area contributed by atoms with Crippen LogP contribution in [0.5, 0.6) is 5.75 Å². The Kier molecular flexibility index (Phi) is 4.48. The Bertz CT molecular complexity index is 720. The number of anilines is 1. The van der Waals surface area contributed by atoms with E-state index >= 15 is 0 Å². The largest absolute Gasteiger partial charge is 0.482 e. The van der Waals surface area contributed by atoms with Gasteiger partial charge in [-0.05, 0) is 17.5 Å². The van der Waals surface area contributed by atoms with Gasteiger partial charge in [-0.3, -0.25) is 9.78 Å². The Labute approximate surface area is 123 Å². The summed E-state index contributed by atoms with van der Waals surface area (Å²) in [6, 6.07) is 4.83. The summed E-state index contributed by atoms with van der Waals surface area (Å²) in [4.78, 5) is 26.2. The number of rotatable bonds is 5. The normalized spacial score (nSPS) is 9.67. The highest BCUT2D eigenvalue weighted by Gasteiger charge is 2.10. The molecule has 8 heteroatoms. The zero-order chi connectivity index (χ0) is 15.2. The van der Waals surface area contributed by atoms with Crippen molar-refractivity contribution in [2.24, 2.45) is 0 Å². The van der Waals surface area contributed by atoms with Gasteiger partial charge < -0.3 is 15.2 Å². The molecule has 1 amide bonds. The SMILES string of the molecule is N#Cc1ccsc1NC(=O)COc1cncc(C(=O)O)c1. The molecule has 0 atom stereocenters. The van der Waals surface area contributed by atoms with Crippen molar-refractivity contribution in [1.29, 1.82) is 5.26 Å². The molecule has 0 aliphatic heterocycles. The third-order valence-electron chi connectivity index (χ3n) is 2.37. The highest BCUT2D eigenvalue weighted by Crippen LogP contribution is 2.22. The van der Waals surface area contributed by atoms with Crippen molar-refractivity contribution in [1.82, 2.24) is 4.98 Å². The Balaban J connectivity index is 1.94. The second-order valence-corrected chi connectivity index (χ2v) is 4.74. The first-order chi connectivity index (χ1) is 10.1. The van der Waals surface area contributed by atoms with E-state index in [1.54, 1.807) is 11.4 Å². The number of nitrogens with one attached hydrogen (secondary N) is 1. The Morgan fingerprint density at radius 3 is 3.00 bits per heavy atom. The number of carboxylic acid groups (broad SMARTS) is 1. The Hall–Kier alpha value is -2.92. The molecule has 0 bridgehead atoms. The van der Waals surface area contributed by atoms with Gasteiger partial charge in [0.1, 0.15) is 16.8 Å². The van der Waals surface area contributed by atoms with E-state index in [0.717, 1.165) is 0 Å². The summed E-state index contributed by atoms with van der Waals surface area (Å²) in [6.07, 6.45) is 2.49. The van der Waals surface area contributed by atoms with Crippen LogP contribution in [0.2, 0.25) is 0 Å². The summed E-state index contributed by atoms with van der Waals surface area (Å²) in [6.45, 7) is -0.312. The van der Waals surface area contributed by atoms with Gasteiger partial charge in [0.2, 0.25) is 0 Å². The van der Waals surface area contributed by atoms with Crippen LogP contribution >= 0.6 is 11.3 Å². The number of nitrogens with zero attached hydrogens (tertiary/aromatic N) is 2. The van der Waals surface area contributed by atoms with Gasteiger partial charge in [0.15, 0.2) is 6.61 Å². The molecule has 106 valence electrons. The fraction of sp³-hybridized carbons (Fsp3) is 0.0769. The first kappa shape index (κ1) is 14.5. The molecular weight excluding hydrogens is 294 g/mol. The van der Waals surface area contributed by atoms with E-state index in [0.29, 0.717) is 10.6 Å². The molecule has 2 rings (SSSR count). The number of pyridine rings is 1. The summed E-state index contributed by atoms with van der Waals surface area (Å²) >= 11 is 1.23. The van der Waals surface area contributed by atoms with Crippen LogP contribution in [0, 0.1) is 11.3 Å². The molecular formula is C13H9N3O4S. The summed E-state index contributed by atoms with van der Waals surface area (Å²) in [5.74, 6) is -1.40. The van der Waals surface area contributed by atoms with Crippen molar-refractivity contribution in [3.8, 4) is 11.8 Å². The topological polar surface area (TPSA) is 112 Å². The van der Waals surface area contributed by atoms with Gasteiger partial charge in [0.25, 0.3) is 5.91 Å². The van der Waals surface area contributed by atoms with E-state index in [-0.39, 0.29) is 17.9 Å². The molecule has 2 heterocycles. The van der Waals surface area contributed by atoms with E-state index in [1.807, 2.05) is 6.07 Å². The first-order valence-corrected chi connectivity index (χ1v) is 6.56. The average Bonchev–Trinajstić information content (AvgIpc) is 2.92. The lowest BCUT2D eigenvalue weighted by Crippen LogP contribution is -2.20. The maximum atomic E-state index is 11.7. The molecule has 0 radical (unpaired) electrons. The molecule has 2 aromatic heterocycles. The summed E-state index contributed by atoms with van der Waals surface area (Å²) in [7, 11) is 0. The van der Waals surface area contributed by atoms with E-state index < -0.39 is 11.9 Å². The van der Waals surface area contributed by atoms with Crippen molar-refractivity contribution < 1.29 is 19.4 Å². The van der Waals surface area contributed by atoms with E-state index in [2.05, 4.69) is 10.3 Å². The number of thiophene rings is 1. The lowest BCUT2D eigenvalue weighted by Gasteiger charge is -2.06. The first-order valence-electron chi connectivity index (χ1n) is 5.68. The van der Waals surface area contributed by atoms with E-state index in [9.17, 15) is 9.59 Å². The minimum absolute atomic E-state index is 0.0297. The summed E-state index contributed by atoms with van der Waals surface area (Å²) < 4.78 is 5.16. The summed E-state index contributed by atoms with van der Waals surface area (Å²) in [5.41, 5.74) is 0.348. The fourth-order valence-electron chi connectivity index (χ4n) is 1.42. The molecule has 0 fully saturated rings. The number of nitriles is 1. The van der Waals surface area contributed by atoms with Gasteiger partial charge in [-0.1, -0.05) is 0 Å². The van der Waals surface area contributed by atoms with Crippen molar-refractivity contribution in [2.45, 2.75) is 0 Å². The number of ether oxygens (including phenoxy) is 1. The monoisotopic (exact) mass is 303 g/mol. The van der Waals surface area contributed by atoms with Crippen LogP contribution in [0.1, 0.15) is 15.9 Å². The van der Waals surface area contributed by atoms with Crippen LogP contribution in [0.3, 0.4) is 0 Å². The standard InChI is InChI=1S/C13H9N3O4S/c14-4-8-1-2-21-12(8)16-11(17)7-20-10-3-9(13(18)19)5-15-6-10/h1-3,5-6H,7H2,(H,16,17)(H,18,19). The molecule has 0 saturated heterocycles. The van der Waals surface area contributed by atoms with Gasteiger partial charge >= 0.3 is 5.97 Å². The van der Waals surface area contributed by atoms with Crippen molar-refractivity contribution in [3.63, 3.8) is 0 Å². The Morgan fingerprint density at radius 1 is 1.48 bits per heavy atom. The number of carbonyl (C=O) groups excluding carboxylic acids is 1.